The Morgan fingerprint density at radius 3 is 2.39 bits per heavy atom. The number of hydrogen-bond donors (Lipinski definition) is 2. The zero-order chi connectivity index (χ0) is 14.0. The summed E-state index contributed by atoms with van der Waals surface area (Å²) in [6, 6.07) is 0. The van der Waals surface area contributed by atoms with E-state index in [1.54, 1.807) is 0 Å². The normalized spacial score (nSPS) is 13.1. The SMILES string of the molecule is Cn1cc(CNCC(C)(C)CO)c(C(C)(C)C)n1. The lowest BCUT2D eigenvalue weighted by molar-refractivity contribution is 0.156. The van der Waals surface area contributed by atoms with Crippen molar-refractivity contribution in [3.8, 4) is 0 Å². The molecule has 0 aliphatic rings. The zero-order valence-corrected chi connectivity index (χ0v) is 12.5. The van der Waals surface area contributed by atoms with Crippen molar-refractivity contribution < 1.29 is 5.11 Å². The summed E-state index contributed by atoms with van der Waals surface area (Å²) in [4.78, 5) is 0. The third-order valence-electron chi connectivity index (χ3n) is 2.96. The van der Waals surface area contributed by atoms with Crippen molar-refractivity contribution in [3.63, 3.8) is 0 Å². The van der Waals surface area contributed by atoms with Crippen LogP contribution in [0, 0.1) is 5.41 Å². The summed E-state index contributed by atoms with van der Waals surface area (Å²) in [5.74, 6) is 0. The van der Waals surface area contributed by atoms with Gasteiger partial charge in [-0.15, -0.1) is 0 Å². The second-order valence-electron chi connectivity index (χ2n) is 6.85. The van der Waals surface area contributed by atoms with Crippen LogP contribution in [0.3, 0.4) is 0 Å². The molecule has 1 heterocycles. The maximum atomic E-state index is 9.22. The molecule has 0 bridgehead atoms. The van der Waals surface area contributed by atoms with E-state index in [1.165, 1.54) is 5.56 Å². The Kier molecular flexibility index (Phi) is 4.56. The van der Waals surface area contributed by atoms with Crippen molar-refractivity contribution in [1.82, 2.24) is 15.1 Å². The third kappa shape index (κ3) is 4.10. The summed E-state index contributed by atoms with van der Waals surface area (Å²) in [6.45, 7) is 12.4. The van der Waals surface area contributed by atoms with Gasteiger partial charge >= 0.3 is 0 Å². The molecule has 0 saturated heterocycles. The number of rotatable bonds is 5. The molecule has 0 aliphatic carbocycles. The molecule has 0 aromatic carbocycles. The quantitative estimate of drug-likeness (QED) is 0.841. The van der Waals surface area contributed by atoms with E-state index in [4.69, 9.17) is 0 Å². The van der Waals surface area contributed by atoms with Gasteiger partial charge in [-0.3, -0.25) is 4.68 Å². The van der Waals surface area contributed by atoms with E-state index in [-0.39, 0.29) is 17.4 Å². The number of hydrogen-bond acceptors (Lipinski definition) is 3. The van der Waals surface area contributed by atoms with Crippen molar-refractivity contribution in [2.24, 2.45) is 12.5 Å². The number of aliphatic hydroxyl groups is 1. The summed E-state index contributed by atoms with van der Waals surface area (Å²) in [5, 5.41) is 17.2. The number of aliphatic hydroxyl groups excluding tert-OH is 1. The summed E-state index contributed by atoms with van der Waals surface area (Å²) in [6.07, 6.45) is 2.07. The molecule has 0 spiro atoms. The fourth-order valence-electron chi connectivity index (χ4n) is 1.89. The van der Waals surface area contributed by atoms with Crippen molar-refractivity contribution in [2.75, 3.05) is 13.2 Å². The number of aryl methyl sites for hydroxylation is 1. The molecule has 1 aromatic rings. The molecule has 1 aromatic heterocycles. The van der Waals surface area contributed by atoms with Gasteiger partial charge in [0, 0.05) is 49.3 Å². The molecule has 0 amide bonds. The van der Waals surface area contributed by atoms with E-state index < -0.39 is 0 Å². The minimum absolute atomic E-state index is 0.0603. The standard InChI is InChI=1S/C14H27N3O/c1-13(2,3)12-11(8-17(6)16-12)7-15-9-14(4,5)10-18/h8,15,18H,7,9-10H2,1-6H3. The van der Waals surface area contributed by atoms with Gasteiger partial charge in [-0.25, -0.2) is 0 Å². The highest BCUT2D eigenvalue weighted by molar-refractivity contribution is 5.23. The summed E-state index contributed by atoms with van der Waals surface area (Å²) >= 11 is 0. The van der Waals surface area contributed by atoms with Crippen molar-refractivity contribution >= 4 is 0 Å². The first-order chi connectivity index (χ1) is 8.15. The van der Waals surface area contributed by atoms with Gasteiger partial charge in [0.05, 0.1) is 5.69 Å². The van der Waals surface area contributed by atoms with E-state index in [1.807, 2.05) is 25.6 Å². The van der Waals surface area contributed by atoms with Crippen LogP contribution in [0.1, 0.15) is 45.9 Å². The van der Waals surface area contributed by atoms with Crippen LogP contribution in [0.15, 0.2) is 6.20 Å². The highest BCUT2D eigenvalue weighted by Crippen LogP contribution is 2.24. The molecule has 0 unspecified atom stereocenters. The predicted octanol–water partition coefficient (Wildman–Crippen LogP) is 1.83. The average Bonchev–Trinajstić information content (AvgIpc) is 2.59. The lowest BCUT2D eigenvalue weighted by Gasteiger charge is -2.23. The Bertz CT molecular complexity index is 388. The average molecular weight is 253 g/mol. The Morgan fingerprint density at radius 1 is 1.28 bits per heavy atom. The van der Waals surface area contributed by atoms with Crippen LogP contribution in [-0.2, 0) is 19.0 Å². The highest BCUT2D eigenvalue weighted by Gasteiger charge is 2.22. The molecule has 4 heteroatoms. The minimum Gasteiger partial charge on any atom is -0.396 e. The molecular weight excluding hydrogens is 226 g/mol. The Morgan fingerprint density at radius 2 is 1.89 bits per heavy atom. The van der Waals surface area contributed by atoms with Gasteiger partial charge in [0.1, 0.15) is 0 Å². The van der Waals surface area contributed by atoms with Crippen LogP contribution in [0.4, 0.5) is 0 Å². The zero-order valence-electron chi connectivity index (χ0n) is 12.5. The van der Waals surface area contributed by atoms with Crippen LogP contribution in [0.5, 0.6) is 0 Å². The van der Waals surface area contributed by atoms with Gasteiger partial charge in [0.15, 0.2) is 0 Å². The predicted molar refractivity (Wildman–Crippen MR) is 74.5 cm³/mol. The highest BCUT2D eigenvalue weighted by atomic mass is 16.3. The lowest BCUT2D eigenvalue weighted by Crippen LogP contribution is -2.32. The molecule has 104 valence electrons. The molecule has 0 radical (unpaired) electrons. The first-order valence-electron chi connectivity index (χ1n) is 6.50. The fraction of sp³-hybridized carbons (Fsp3) is 0.786. The monoisotopic (exact) mass is 253 g/mol. The molecule has 0 fully saturated rings. The Balaban J connectivity index is 2.68. The molecule has 2 N–H and O–H groups in total. The van der Waals surface area contributed by atoms with E-state index in [0.717, 1.165) is 18.8 Å². The van der Waals surface area contributed by atoms with Gasteiger partial charge in [-0.1, -0.05) is 34.6 Å². The van der Waals surface area contributed by atoms with Crippen LogP contribution >= 0.6 is 0 Å². The van der Waals surface area contributed by atoms with Crippen molar-refractivity contribution in [3.05, 3.63) is 17.5 Å². The Labute approximate surface area is 110 Å². The van der Waals surface area contributed by atoms with E-state index in [0.29, 0.717) is 0 Å². The molecule has 1 rings (SSSR count). The maximum Gasteiger partial charge on any atom is 0.0722 e. The van der Waals surface area contributed by atoms with E-state index in [9.17, 15) is 5.11 Å². The molecular formula is C14H27N3O. The van der Waals surface area contributed by atoms with Gasteiger partial charge < -0.3 is 10.4 Å². The summed E-state index contributed by atoms with van der Waals surface area (Å²) in [7, 11) is 1.95. The lowest BCUT2D eigenvalue weighted by atomic mass is 9.89. The van der Waals surface area contributed by atoms with Crippen molar-refractivity contribution in [1.29, 1.82) is 0 Å². The van der Waals surface area contributed by atoms with Crippen LogP contribution in [0.2, 0.25) is 0 Å². The topological polar surface area (TPSA) is 50.1 Å². The molecule has 0 aliphatic heterocycles. The van der Waals surface area contributed by atoms with Gasteiger partial charge in [-0.2, -0.15) is 5.10 Å². The molecule has 4 nitrogen and oxygen atoms in total. The third-order valence-corrected chi connectivity index (χ3v) is 2.96. The first kappa shape index (κ1) is 15.2. The number of nitrogens with one attached hydrogen (secondary N) is 1. The van der Waals surface area contributed by atoms with Crippen LogP contribution in [-0.4, -0.2) is 28.0 Å². The minimum atomic E-state index is -0.0793. The number of nitrogens with zero attached hydrogens (tertiary/aromatic N) is 2. The second kappa shape index (κ2) is 5.41. The van der Waals surface area contributed by atoms with E-state index >= 15 is 0 Å². The van der Waals surface area contributed by atoms with E-state index in [2.05, 4.69) is 37.4 Å². The largest absolute Gasteiger partial charge is 0.396 e. The number of aromatic nitrogens is 2. The Hall–Kier alpha value is -0.870. The smallest absolute Gasteiger partial charge is 0.0722 e. The molecule has 0 saturated carbocycles. The van der Waals surface area contributed by atoms with Gasteiger partial charge in [-0.05, 0) is 0 Å². The summed E-state index contributed by atoms with van der Waals surface area (Å²) < 4.78 is 1.87. The van der Waals surface area contributed by atoms with Crippen LogP contribution in [0.25, 0.3) is 0 Å². The van der Waals surface area contributed by atoms with Crippen LogP contribution < -0.4 is 5.32 Å². The first-order valence-corrected chi connectivity index (χ1v) is 6.50. The second-order valence-corrected chi connectivity index (χ2v) is 6.85. The van der Waals surface area contributed by atoms with Crippen molar-refractivity contribution in [2.45, 2.75) is 46.6 Å². The maximum absolute atomic E-state index is 9.22. The molecule has 18 heavy (non-hydrogen) atoms. The van der Waals surface area contributed by atoms with Gasteiger partial charge in [0.2, 0.25) is 0 Å². The summed E-state index contributed by atoms with van der Waals surface area (Å²) in [5.41, 5.74) is 2.35. The fourth-order valence-corrected chi connectivity index (χ4v) is 1.89. The molecule has 0 atom stereocenters. The van der Waals surface area contributed by atoms with Gasteiger partial charge in [0.25, 0.3) is 0 Å².